The maximum Gasteiger partial charge on any atom is 0.191 e. The Morgan fingerprint density at radius 1 is 1.28 bits per heavy atom. The van der Waals surface area contributed by atoms with Gasteiger partial charge in [-0.25, -0.2) is 0 Å². The summed E-state index contributed by atoms with van der Waals surface area (Å²) in [5.74, 6) is 1.52. The largest absolute Gasteiger partial charge is 0.357 e. The van der Waals surface area contributed by atoms with Gasteiger partial charge in [-0.2, -0.15) is 0 Å². The van der Waals surface area contributed by atoms with Crippen LogP contribution in [0.25, 0.3) is 0 Å². The van der Waals surface area contributed by atoms with Gasteiger partial charge in [0.1, 0.15) is 0 Å². The lowest BCUT2D eigenvalue weighted by atomic mass is 10.1. The van der Waals surface area contributed by atoms with Crippen molar-refractivity contribution in [2.75, 3.05) is 59.4 Å². The van der Waals surface area contributed by atoms with Gasteiger partial charge in [0.05, 0.1) is 0 Å². The van der Waals surface area contributed by atoms with Gasteiger partial charge in [-0.15, -0.1) is 11.3 Å². The summed E-state index contributed by atoms with van der Waals surface area (Å²) in [6.45, 7) is 13.0. The molecule has 1 aromatic rings. The van der Waals surface area contributed by atoms with Gasteiger partial charge in [-0.3, -0.25) is 4.99 Å². The summed E-state index contributed by atoms with van der Waals surface area (Å²) in [5, 5.41) is 9.02. The van der Waals surface area contributed by atoms with Gasteiger partial charge in [0.25, 0.3) is 0 Å². The molecule has 1 unspecified atom stereocenters. The van der Waals surface area contributed by atoms with Crippen molar-refractivity contribution in [1.29, 1.82) is 0 Å². The molecular formula is C19H35N5S. The molecule has 0 amide bonds. The summed E-state index contributed by atoms with van der Waals surface area (Å²) in [6, 6.07) is 4.34. The van der Waals surface area contributed by atoms with E-state index in [9.17, 15) is 0 Å². The van der Waals surface area contributed by atoms with Gasteiger partial charge in [0, 0.05) is 44.1 Å². The molecule has 1 saturated heterocycles. The van der Waals surface area contributed by atoms with E-state index in [0.717, 1.165) is 38.6 Å². The highest BCUT2D eigenvalue weighted by Crippen LogP contribution is 2.14. The second kappa shape index (κ2) is 11.5. The van der Waals surface area contributed by atoms with Crippen molar-refractivity contribution in [3.8, 4) is 0 Å². The number of aliphatic imine (C=N–C) groups is 1. The van der Waals surface area contributed by atoms with E-state index in [0.29, 0.717) is 5.92 Å². The van der Waals surface area contributed by atoms with Crippen LogP contribution in [0.4, 0.5) is 0 Å². The van der Waals surface area contributed by atoms with E-state index in [1.807, 2.05) is 11.3 Å². The molecule has 0 saturated carbocycles. The van der Waals surface area contributed by atoms with E-state index in [4.69, 9.17) is 4.99 Å². The number of thiophene rings is 1. The number of hydrogen-bond acceptors (Lipinski definition) is 4. The summed E-state index contributed by atoms with van der Waals surface area (Å²) in [4.78, 5) is 11.2. The zero-order chi connectivity index (χ0) is 17.9. The van der Waals surface area contributed by atoms with E-state index in [1.165, 1.54) is 37.5 Å². The quantitative estimate of drug-likeness (QED) is 0.547. The molecule has 0 spiro atoms. The van der Waals surface area contributed by atoms with Crippen molar-refractivity contribution in [1.82, 2.24) is 20.4 Å². The zero-order valence-corrected chi connectivity index (χ0v) is 16.9. The van der Waals surface area contributed by atoms with Gasteiger partial charge in [0.15, 0.2) is 5.96 Å². The first-order chi connectivity index (χ1) is 12.2. The van der Waals surface area contributed by atoms with E-state index >= 15 is 0 Å². The molecule has 2 N–H and O–H groups in total. The fourth-order valence-electron chi connectivity index (χ4n) is 3.08. The fourth-order valence-corrected chi connectivity index (χ4v) is 3.95. The van der Waals surface area contributed by atoms with Gasteiger partial charge < -0.3 is 20.4 Å². The van der Waals surface area contributed by atoms with Crippen LogP contribution in [-0.2, 0) is 6.42 Å². The van der Waals surface area contributed by atoms with Crippen molar-refractivity contribution in [3.63, 3.8) is 0 Å². The Morgan fingerprint density at radius 3 is 2.92 bits per heavy atom. The second-order valence-electron chi connectivity index (χ2n) is 7.03. The third-order valence-electron chi connectivity index (χ3n) is 4.57. The molecule has 1 aromatic heterocycles. The maximum absolute atomic E-state index is 4.78. The van der Waals surface area contributed by atoms with Gasteiger partial charge >= 0.3 is 0 Å². The predicted octanol–water partition coefficient (Wildman–Crippen LogP) is 2.12. The lowest BCUT2D eigenvalue weighted by Crippen LogP contribution is -2.42. The highest BCUT2D eigenvalue weighted by atomic mass is 32.1. The Kier molecular flexibility index (Phi) is 9.29. The van der Waals surface area contributed by atoms with Crippen molar-refractivity contribution in [2.45, 2.75) is 26.7 Å². The molecule has 0 aromatic carbocycles. The maximum atomic E-state index is 4.78. The minimum Gasteiger partial charge on any atom is -0.357 e. The molecule has 6 heteroatoms. The Morgan fingerprint density at radius 2 is 2.16 bits per heavy atom. The van der Waals surface area contributed by atoms with Crippen LogP contribution in [0.1, 0.15) is 25.1 Å². The number of nitrogens with one attached hydrogen (secondary N) is 2. The Balaban J connectivity index is 1.71. The highest BCUT2D eigenvalue weighted by molar-refractivity contribution is 7.09. The van der Waals surface area contributed by atoms with Crippen LogP contribution in [0, 0.1) is 5.92 Å². The molecular weight excluding hydrogens is 330 g/mol. The molecule has 25 heavy (non-hydrogen) atoms. The second-order valence-corrected chi connectivity index (χ2v) is 8.07. The Hall–Kier alpha value is -1.11. The van der Waals surface area contributed by atoms with Crippen LogP contribution < -0.4 is 10.6 Å². The molecule has 2 rings (SSSR count). The molecule has 2 heterocycles. The van der Waals surface area contributed by atoms with Crippen molar-refractivity contribution < 1.29 is 0 Å². The molecule has 0 radical (unpaired) electrons. The van der Waals surface area contributed by atoms with Crippen molar-refractivity contribution in [3.05, 3.63) is 22.4 Å². The number of guanidine groups is 1. The van der Waals surface area contributed by atoms with Gasteiger partial charge in [-0.05, 0) is 57.3 Å². The number of hydrogen-bond donors (Lipinski definition) is 2. The number of rotatable bonds is 8. The highest BCUT2D eigenvalue weighted by Gasteiger charge is 2.11. The third kappa shape index (κ3) is 8.21. The predicted molar refractivity (Wildman–Crippen MR) is 110 cm³/mol. The minimum absolute atomic E-state index is 0.565. The summed E-state index contributed by atoms with van der Waals surface area (Å²) >= 11 is 1.84. The first-order valence-corrected chi connectivity index (χ1v) is 10.5. The van der Waals surface area contributed by atoms with E-state index in [2.05, 4.69) is 58.8 Å². The molecule has 142 valence electrons. The molecule has 0 aliphatic carbocycles. The normalized spacial score (nSPS) is 18.8. The summed E-state index contributed by atoms with van der Waals surface area (Å²) in [6.07, 6.45) is 2.38. The van der Waals surface area contributed by atoms with Crippen molar-refractivity contribution in [2.24, 2.45) is 10.9 Å². The van der Waals surface area contributed by atoms with Crippen LogP contribution in [0.2, 0.25) is 0 Å². The lowest BCUT2D eigenvalue weighted by molar-refractivity contribution is 0.280. The molecule has 0 bridgehead atoms. The van der Waals surface area contributed by atoms with Crippen LogP contribution in [0.5, 0.6) is 0 Å². The monoisotopic (exact) mass is 365 g/mol. The first-order valence-electron chi connectivity index (χ1n) is 9.62. The topological polar surface area (TPSA) is 42.9 Å². The standard InChI is InChI=1S/C19H35N5S/c1-4-20-19(22-16-17(2)15-18-7-5-14-25-18)21-8-11-24-10-6-9-23(3)12-13-24/h5,7,14,17H,4,6,8-13,15-16H2,1-3H3,(H2,20,21,22). The lowest BCUT2D eigenvalue weighted by Gasteiger charge is -2.21. The molecule has 1 fully saturated rings. The fraction of sp³-hybridized carbons (Fsp3) is 0.737. The molecule has 5 nitrogen and oxygen atoms in total. The number of nitrogens with zero attached hydrogens (tertiary/aromatic N) is 3. The molecule has 1 atom stereocenters. The summed E-state index contributed by atoms with van der Waals surface area (Å²) in [7, 11) is 2.22. The first kappa shape index (κ1) is 20.2. The van der Waals surface area contributed by atoms with Crippen LogP contribution in [0.15, 0.2) is 22.5 Å². The van der Waals surface area contributed by atoms with Crippen LogP contribution in [0.3, 0.4) is 0 Å². The average molecular weight is 366 g/mol. The molecule has 1 aliphatic rings. The van der Waals surface area contributed by atoms with Crippen molar-refractivity contribution >= 4 is 17.3 Å². The summed E-state index contributed by atoms with van der Waals surface area (Å²) in [5.41, 5.74) is 0. The Labute approximate surface area is 157 Å². The number of likely N-dealkylation sites (N-methyl/N-ethyl adjacent to an activating group) is 1. The third-order valence-corrected chi connectivity index (χ3v) is 5.47. The van der Waals surface area contributed by atoms with E-state index < -0.39 is 0 Å². The smallest absolute Gasteiger partial charge is 0.191 e. The average Bonchev–Trinajstić information content (AvgIpc) is 3.01. The van der Waals surface area contributed by atoms with Crippen LogP contribution >= 0.6 is 11.3 Å². The minimum atomic E-state index is 0.565. The summed E-state index contributed by atoms with van der Waals surface area (Å²) < 4.78 is 0. The van der Waals surface area contributed by atoms with Gasteiger partial charge in [-0.1, -0.05) is 13.0 Å². The van der Waals surface area contributed by atoms with Crippen LogP contribution in [-0.4, -0.2) is 75.2 Å². The van der Waals surface area contributed by atoms with Gasteiger partial charge in [0.2, 0.25) is 0 Å². The van der Waals surface area contributed by atoms with E-state index in [-0.39, 0.29) is 0 Å². The Bertz CT molecular complexity index is 488. The SMILES string of the molecule is CCNC(=NCC(C)Cc1cccs1)NCCN1CCCN(C)CC1. The van der Waals surface area contributed by atoms with E-state index in [1.54, 1.807) is 0 Å². The zero-order valence-electron chi connectivity index (χ0n) is 16.1. The molecule has 1 aliphatic heterocycles.